The quantitative estimate of drug-likeness (QED) is 0.440. The number of pyridine rings is 1. The summed E-state index contributed by atoms with van der Waals surface area (Å²) in [5, 5.41) is 4.01. The predicted molar refractivity (Wildman–Crippen MR) is 109 cm³/mol. The molecule has 4 aromatic rings. The zero-order valence-electron chi connectivity index (χ0n) is 16.6. The molecule has 0 spiro atoms. The fourth-order valence-corrected chi connectivity index (χ4v) is 3.59. The first-order chi connectivity index (χ1) is 15.3. The molecule has 31 heavy (non-hydrogen) atoms. The molecule has 0 amide bonds. The van der Waals surface area contributed by atoms with Crippen LogP contribution in [0, 0.1) is 5.95 Å². The van der Waals surface area contributed by atoms with Crippen molar-refractivity contribution in [2.75, 3.05) is 13.1 Å². The smallest absolute Gasteiger partial charge is 0.262 e. The summed E-state index contributed by atoms with van der Waals surface area (Å²) in [6, 6.07) is 11.1. The second kappa shape index (κ2) is 8.57. The third-order valence-electron chi connectivity index (χ3n) is 5.09. The molecular formula is C22H19FN6O2. The molecule has 9 heteroatoms. The summed E-state index contributed by atoms with van der Waals surface area (Å²) < 4.78 is 25.6. The van der Waals surface area contributed by atoms with E-state index in [1.807, 2.05) is 24.3 Å². The molecule has 1 fully saturated rings. The molecule has 1 aromatic carbocycles. The largest absolute Gasteiger partial charge is 0.488 e. The first-order valence-electron chi connectivity index (χ1n) is 9.94. The van der Waals surface area contributed by atoms with Crippen molar-refractivity contribution in [3.05, 3.63) is 72.7 Å². The van der Waals surface area contributed by atoms with Gasteiger partial charge in [0.2, 0.25) is 11.8 Å². The third-order valence-corrected chi connectivity index (χ3v) is 5.09. The van der Waals surface area contributed by atoms with Gasteiger partial charge in [-0.2, -0.15) is 9.37 Å². The minimum Gasteiger partial charge on any atom is -0.488 e. The van der Waals surface area contributed by atoms with Crippen LogP contribution in [-0.2, 0) is 6.54 Å². The van der Waals surface area contributed by atoms with Crippen molar-refractivity contribution in [2.24, 2.45) is 0 Å². The van der Waals surface area contributed by atoms with Crippen LogP contribution in [0.25, 0.3) is 23.0 Å². The Morgan fingerprint density at radius 3 is 2.90 bits per heavy atom. The van der Waals surface area contributed by atoms with E-state index in [1.54, 1.807) is 30.7 Å². The number of nitrogens with zero attached hydrogens (tertiary/aromatic N) is 6. The van der Waals surface area contributed by atoms with Gasteiger partial charge < -0.3 is 9.26 Å². The fourth-order valence-electron chi connectivity index (χ4n) is 3.59. The SMILES string of the molecule is Fc1ncccc1CN1CCC(Oc2ccccc2-c2nc(-c3cnccn3)no2)C1. The zero-order chi connectivity index (χ0) is 21.0. The summed E-state index contributed by atoms with van der Waals surface area (Å²) in [5.41, 5.74) is 1.83. The average Bonchev–Trinajstić information content (AvgIpc) is 3.46. The van der Waals surface area contributed by atoms with Crippen LogP contribution in [0.15, 0.2) is 65.7 Å². The van der Waals surface area contributed by atoms with Crippen molar-refractivity contribution in [3.8, 4) is 28.7 Å². The van der Waals surface area contributed by atoms with Gasteiger partial charge in [0, 0.05) is 43.8 Å². The van der Waals surface area contributed by atoms with Gasteiger partial charge in [-0.3, -0.25) is 9.88 Å². The highest BCUT2D eigenvalue weighted by atomic mass is 19.1. The van der Waals surface area contributed by atoms with Crippen molar-refractivity contribution in [2.45, 2.75) is 19.1 Å². The summed E-state index contributed by atoms with van der Waals surface area (Å²) in [6.45, 7) is 2.02. The van der Waals surface area contributed by atoms with Gasteiger partial charge in [0.1, 0.15) is 17.5 Å². The monoisotopic (exact) mass is 418 g/mol. The molecule has 8 nitrogen and oxygen atoms in total. The molecule has 1 atom stereocenters. The van der Waals surface area contributed by atoms with Gasteiger partial charge in [-0.25, -0.2) is 9.97 Å². The fraction of sp³-hybridized carbons (Fsp3) is 0.227. The Kier molecular flexibility index (Phi) is 5.32. The number of aromatic nitrogens is 5. The Hall–Kier alpha value is -3.72. The van der Waals surface area contributed by atoms with Gasteiger partial charge >= 0.3 is 0 Å². The first kappa shape index (κ1) is 19.3. The first-order valence-corrected chi connectivity index (χ1v) is 9.94. The lowest BCUT2D eigenvalue weighted by Gasteiger charge is -2.18. The van der Waals surface area contributed by atoms with Crippen molar-refractivity contribution in [3.63, 3.8) is 0 Å². The van der Waals surface area contributed by atoms with Gasteiger partial charge in [0.15, 0.2) is 0 Å². The number of ether oxygens (including phenoxy) is 1. The van der Waals surface area contributed by atoms with Gasteiger partial charge in [0.25, 0.3) is 5.89 Å². The Morgan fingerprint density at radius 1 is 1.10 bits per heavy atom. The lowest BCUT2D eigenvalue weighted by atomic mass is 10.2. The number of rotatable bonds is 6. The number of para-hydroxylation sites is 1. The van der Waals surface area contributed by atoms with Crippen LogP contribution in [0.4, 0.5) is 4.39 Å². The van der Waals surface area contributed by atoms with E-state index in [0.717, 1.165) is 13.0 Å². The molecule has 1 saturated heterocycles. The van der Waals surface area contributed by atoms with Crippen molar-refractivity contribution in [1.82, 2.24) is 30.0 Å². The molecule has 0 radical (unpaired) electrons. The van der Waals surface area contributed by atoms with Crippen molar-refractivity contribution in [1.29, 1.82) is 0 Å². The van der Waals surface area contributed by atoms with Crippen LogP contribution in [0.2, 0.25) is 0 Å². The molecule has 5 rings (SSSR count). The van der Waals surface area contributed by atoms with Crippen molar-refractivity contribution >= 4 is 0 Å². The van der Waals surface area contributed by atoms with Crippen LogP contribution in [0.1, 0.15) is 12.0 Å². The van der Waals surface area contributed by atoms with Crippen molar-refractivity contribution < 1.29 is 13.7 Å². The van der Waals surface area contributed by atoms with Crippen LogP contribution in [0.5, 0.6) is 5.75 Å². The second-order valence-electron chi connectivity index (χ2n) is 7.23. The molecule has 3 aromatic heterocycles. The van der Waals surface area contributed by atoms with E-state index in [0.29, 0.717) is 47.4 Å². The molecule has 1 aliphatic rings. The summed E-state index contributed by atoms with van der Waals surface area (Å²) >= 11 is 0. The zero-order valence-corrected chi connectivity index (χ0v) is 16.6. The average molecular weight is 418 g/mol. The number of hydrogen-bond donors (Lipinski definition) is 0. The Bertz CT molecular complexity index is 1170. The molecule has 156 valence electrons. The van der Waals surface area contributed by atoms with E-state index in [9.17, 15) is 4.39 Å². The summed E-state index contributed by atoms with van der Waals surface area (Å²) in [4.78, 5) is 18.6. The molecule has 4 heterocycles. The number of halogens is 1. The lowest BCUT2D eigenvalue weighted by Crippen LogP contribution is -2.25. The number of likely N-dealkylation sites (tertiary alicyclic amines) is 1. The predicted octanol–water partition coefficient (Wildman–Crippen LogP) is 3.38. The lowest BCUT2D eigenvalue weighted by molar-refractivity contribution is 0.198. The molecule has 1 unspecified atom stereocenters. The standard InChI is InChI=1S/C22H19FN6O2/c23-20-15(4-3-8-26-20)13-29-11-7-16(14-29)30-19-6-2-1-5-17(19)22-27-21(28-31-22)18-12-24-9-10-25-18/h1-6,8-10,12,16H,7,11,13-14H2. The number of benzene rings is 1. The van der Waals surface area contributed by atoms with Gasteiger partial charge in [-0.1, -0.05) is 23.4 Å². The summed E-state index contributed by atoms with van der Waals surface area (Å²) in [6.07, 6.45) is 7.01. The van der Waals surface area contributed by atoms with E-state index in [4.69, 9.17) is 9.26 Å². The van der Waals surface area contributed by atoms with Gasteiger partial charge in [-0.05, 0) is 24.6 Å². The summed E-state index contributed by atoms with van der Waals surface area (Å²) in [5.74, 6) is 0.954. The van der Waals surface area contributed by atoms with Crippen LogP contribution >= 0.6 is 0 Å². The number of hydrogen-bond acceptors (Lipinski definition) is 8. The highest BCUT2D eigenvalue weighted by Crippen LogP contribution is 2.31. The highest BCUT2D eigenvalue weighted by molar-refractivity contribution is 5.64. The maximum absolute atomic E-state index is 13.9. The molecule has 0 N–H and O–H groups in total. The summed E-state index contributed by atoms with van der Waals surface area (Å²) in [7, 11) is 0. The topological polar surface area (TPSA) is 90.1 Å². The van der Waals surface area contributed by atoms with E-state index in [2.05, 4.69) is 30.0 Å². The highest BCUT2D eigenvalue weighted by Gasteiger charge is 2.26. The Morgan fingerprint density at radius 2 is 2.03 bits per heavy atom. The van der Waals surface area contributed by atoms with Gasteiger partial charge in [0.05, 0.1) is 11.8 Å². The second-order valence-corrected chi connectivity index (χ2v) is 7.23. The third kappa shape index (κ3) is 4.26. The van der Waals surface area contributed by atoms with Gasteiger partial charge in [-0.15, -0.1) is 0 Å². The maximum atomic E-state index is 13.9. The minimum atomic E-state index is -0.424. The molecule has 0 bridgehead atoms. The maximum Gasteiger partial charge on any atom is 0.262 e. The van der Waals surface area contributed by atoms with E-state index < -0.39 is 5.95 Å². The molecular weight excluding hydrogens is 399 g/mol. The van der Waals surface area contributed by atoms with E-state index in [-0.39, 0.29) is 6.10 Å². The Balaban J connectivity index is 1.30. The minimum absolute atomic E-state index is 0.0248. The van der Waals surface area contributed by atoms with E-state index in [1.165, 1.54) is 6.20 Å². The van der Waals surface area contributed by atoms with E-state index >= 15 is 0 Å². The van der Waals surface area contributed by atoms with Crippen LogP contribution in [0.3, 0.4) is 0 Å². The molecule has 0 saturated carbocycles. The van der Waals surface area contributed by atoms with Crippen LogP contribution < -0.4 is 4.74 Å². The van der Waals surface area contributed by atoms with Crippen LogP contribution in [-0.4, -0.2) is 49.2 Å². The normalized spacial score (nSPS) is 16.5. The Labute approximate surface area is 177 Å². The molecule has 1 aliphatic heterocycles. The molecule has 0 aliphatic carbocycles.